The van der Waals surface area contributed by atoms with Gasteiger partial charge in [-0.15, -0.1) is 0 Å². The third-order valence-corrected chi connectivity index (χ3v) is 9.10. The standard InChI is InChI=1S/C29H28FN3O7S2/c1-3-40-26-12-6-23(7-13-26)32-41(35,36)27-16-8-22(9-17-27)31-29(34)20-33(24-10-4-21(30)5-11-24)42(37,38)28-18-14-25(39-2)15-19-28/h4-19,32H,3,20H2,1-2H3,(H,31,34). The first kappa shape index (κ1) is 30.3. The molecule has 0 heterocycles. The van der Waals surface area contributed by atoms with Gasteiger partial charge in [0.1, 0.15) is 23.9 Å². The van der Waals surface area contributed by atoms with E-state index in [4.69, 9.17) is 9.47 Å². The van der Waals surface area contributed by atoms with Gasteiger partial charge in [-0.05, 0) is 104 Å². The van der Waals surface area contributed by atoms with Gasteiger partial charge in [-0.25, -0.2) is 21.2 Å². The topological polar surface area (TPSA) is 131 Å². The molecule has 0 radical (unpaired) electrons. The molecule has 13 heteroatoms. The molecule has 10 nitrogen and oxygen atoms in total. The zero-order valence-corrected chi connectivity index (χ0v) is 24.3. The van der Waals surface area contributed by atoms with E-state index in [-0.39, 0.29) is 21.2 Å². The number of sulfonamides is 2. The molecule has 0 spiro atoms. The van der Waals surface area contributed by atoms with Crippen molar-refractivity contribution in [3.05, 3.63) is 103 Å². The van der Waals surface area contributed by atoms with Crippen LogP contribution in [0.15, 0.2) is 107 Å². The third-order valence-electron chi connectivity index (χ3n) is 5.92. The van der Waals surface area contributed by atoms with E-state index in [0.717, 1.165) is 16.4 Å². The molecule has 0 fully saturated rings. The number of nitrogens with one attached hydrogen (secondary N) is 2. The van der Waals surface area contributed by atoms with E-state index in [1.54, 1.807) is 24.3 Å². The Bertz CT molecular complexity index is 1730. The molecule has 0 saturated carbocycles. The van der Waals surface area contributed by atoms with Crippen LogP contribution in [0, 0.1) is 5.82 Å². The fraction of sp³-hybridized carbons (Fsp3) is 0.138. The number of carbonyl (C=O) groups is 1. The molecular weight excluding hydrogens is 585 g/mol. The fourth-order valence-corrected chi connectivity index (χ4v) is 6.33. The zero-order chi connectivity index (χ0) is 30.3. The van der Waals surface area contributed by atoms with E-state index in [1.165, 1.54) is 67.8 Å². The number of hydrogen-bond acceptors (Lipinski definition) is 7. The Labute approximate surface area is 243 Å². The number of anilines is 3. The molecule has 0 bridgehead atoms. The maximum absolute atomic E-state index is 13.6. The number of ether oxygens (including phenoxy) is 2. The maximum Gasteiger partial charge on any atom is 0.264 e. The van der Waals surface area contributed by atoms with Crippen LogP contribution in [-0.2, 0) is 24.8 Å². The van der Waals surface area contributed by atoms with Gasteiger partial charge in [0, 0.05) is 11.4 Å². The van der Waals surface area contributed by atoms with Crippen LogP contribution in [0.1, 0.15) is 6.92 Å². The summed E-state index contributed by atoms with van der Waals surface area (Å²) in [5, 5.41) is 2.57. The number of benzene rings is 4. The lowest BCUT2D eigenvalue weighted by Gasteiger charge is -2.24. The smallest absolute Gasteiger partial charge is 0.264 e. The van der Waals surface area contributed by atoms with Crippen LogP contribution in [0.25, 0.3) is 0 Å². The predicted octanol–water partition coefficient (Wildman–Crippen LogP) is 4.87. The average molecular weight is 614 g/mol. The second-order valence-corrected chi connectivity index (χ2v) is 12.3. The Morgan fingerprint density at radius 3 is 1.88 bits per heavy atom. The summed E-state index contributed by atoms with van der Waals surface area (Å²) in [5.74, 6) is -0.230. The summed E-state index contributed by atoms with van der Waals surface area (Å²) in [5.41, 5.74) is 0.653. The highest BCUT2D eigenvalue weighted by Crippen LogP contribution is 2.26. The van der Waals surface area contributed by atoms with Crippen LogP contribution < -0.4 is 23.8 Å². The van der Waals surface area contributed by atoms with Crippen LogP contribution in [0.5, 0.6) is 11.5 Å². The monoisotopic (exact) mass is 613 g/mol. The summed E-state index contributed by atoms with van der Waals surface area (Å²) in [6, 6.07) is 22.1. The average Bonchev–Trinajstić information content (AvgIpc) is 2.98. The number of nitrogens with zero attached hydrogens (tertiary/aromatic N) is 1. The van der Waals surface area contributed by atoms with Gasteiger partial charge < -0.3 is 14.8 Å². The second-order valence-electron chi connectivity index (χ2n) is 8.80. The first-order valence-electron chi connectivity index (χ1n) is 12.6. The van der Waals surface area contributed by atoms with Crippen LogP contribution in [-0.4, -0.2) is 43.0 Å². The Kier molecular flexibility index (Phi) is 9.33. The highest BCUT2D eigenvalue weighted by Gasteiger charge is 2.27. The molecule has 220 valence electrons. The number of methoxy groups -OCH3 is 1. The number of rotatable bonds is 12. The first-order chi connectivity index (χ1) is 20.0. The van der Waals surface area contributed by atoms with Crippen molar-refractivity contribution in [2.75, 3.05) is 34.6 Å². The Hall–Kier alpha value is -4.62. The van der Waals surface area contributed by atoms with E-state index < -0.39 is 38.3 Å². The molecular formula is C29H28FN3O7S2. The number of hydrogen-bond donors (Lipinski definition) is 2. The van der Waals surface area contributed by atoms with Gasteiger partial charge in [0.15, 0.2) is 0 Å². The van der Waals surface area contributed by atoms with E-state index in [9.17, 15) is 26.0 Å². The van der Waals surface area contributed by atoms with Crippen LogP contribution in [0.4, 0.5) is 21.5 Å². The summed E-state index contributed by atoms with van der Waals surface area (Å²) in [7, 11) is -6.73. The predicted molar refractivity (Wildman–Crippen MR) is 157 cm³/mol. The van der Waals surface area contributed by atoms with Crippen molar-refractivity contribution >= 4 is 43.0 Å². The summed E-state index contributed by atoms with van der Waals surface area (Å²) in [6.45, 7) is 1.69. The second kappa shape index (κ2) is 12.9. The van der Waals surface area contributed by atoms with E-state index in [1.807, 2.05) is 6.92 Å². The minimum Gasteiger partial charge on any atom is -0.497 e. The lowest BCUT2D eigenvalue weighted by atomic mass is 10.3. The third kappa shape index (κ3) is 7.36. The van der Waals surface area contributed by atoms with Crippen molar-refractivity contribution in [2.45, 2.75) is 16.7 Å². The molecule has 4 aromatic rings. The lowest BCUT2D eigenvalue weighted by Crippen LogP contribution is -2.38. The summed E-state index contributed by atoms with van der Waals surface area (Å²) in [4.78, 5) is 12.8. The van der Waals surface area contributed by atoms with Gasteiger partial charge >= 0.3 is 0 Å². The van der Waals surface area contributed by atoms with Crippen LogP contribution in [0.3, 0.4) is 0 Å². The molecule has 0 aliphatic rings. The summed E-state index contributed by atoms with van der Waals surface area (Å²) >= 11 is 0. The molecule has 0 unspecified atom stereocenters. The van der Waals surface area contributed by atoms with E-state index in [0.29, 0.717) is 23.8 Å². The summed E-state index contributed by atoms with van der Waals surface area (Å²) in [6.07, 6.45) is 0. The van der Waals surface area contributed by atoms with Gasteiger partial charge in [0.2, 0.25) is 5.91 Å². The Balaban J connectivity index is 1.49. The molecule has 42 heavy (non-hydrogen) atoms. The maximum atomic E-state index is 13.6. The SMILES string of the molecule is CCOc1ccc(NS(=O)(=O)c2ccc(NC(=O)CN(c3ccc(F)cc3)S(=O)(=O)c3ccc(OC)cc3)cc2)cc1. The highest BCUT2D eigenvalue weighted by atomic mass is 32.2. The Morgan fingerprint density at radius 1 is 0.762 bits per heavy atom. The number of carbonyl (C=O) groups excluding carboxylic acids is 1. The number of halogens is 1. The normalized spacial score (nSPS) is 11.4. The molecule has 4 rings (SSSR count). The van der Waals surface area contributed by atoms with Crippen LogP contribution >= 0.6 is 0 Å². The quantitative estimate of drug-likeness (QED) is 0.233. The molecule has 2 N–H and O–H groups in total. The lowest BCUT2D eigenvalue weighted by molar-refractivity contribution is -0.114. The summed E-state index contributed by atoms with van der Waals surface area (Å²) < 4.78 is 80.0. The molecule has 1 amide bonds. The fourth-order valence-electron chi connectivity index (χ4n) is 3.85. The van der Waals surface area contributed by atoms with Gasteiger partial charge in [-0.3, -0.25) is 13.8 Å². The van der Waals surface area contributed by atoms with Gasteiger partial charge in [-0.2, -0.15) is 0 Å². The first-order valence-corrected chi connectivity index (χ1v) is 15.5. The molecule has 0 saturated heterocycles. The largest absolute Gasteiger partial charge is 0.497 e. The van der Waals surface area contributed by atoms with E-state index in [2.05, 4.69) is 10.0 Å². The van der Waals surface area contributed by atoms with Crippen molar-refractivity contribution in [1.82, 2.24) is 0 Å². The minimum atomic E-state index is -4.24. The highest BCUT2D eigenvalue weighted by molar-refractivity contribution is 7.93. The van der Waals surface area contributed by atoms with Crippen LogP contribution in [0.2, 0.25) is 0 Å². The van der Waals surface area contributed by atoms with Crippen molar-refractivity contribution in [1.29, 1.82) is 0 Å². The molecule has 0 atom stereocenters. The van der Waals surface area contributed by atoms with Gasteiger partial charge in [0.25, 0.3) is 20.0 Å². The van der Waals surface area contributed by atoms with Gasteiger partial charge in [0.05, 0.1) is 29.2 Å². The molecule has 0 aliphatic heterocycles. The minimum absolute atomic E-state index is 0.0515. The molecule has 0 aliphatic carbocycles. The molecule has 4 aromatic carbocycles. The Morgan fingerprint density at radius 2 is 1.31 bits per heavy atom. The molecule has 0 aromatic heterocycles. The van der Waals surface area contributed by atoms with Crippen molar-refractivity contribution in [3.8, 4) is 11.5 Å². The van der Waals surface area contributed by atoms with Crippen molar-refractivity contribution in [2.24, 2.45) is 0 Å². The van der Waals surface area contributed by atoms with Crippen molar-refractivity contribution < 1.29 is 35.5 Å². The van der Waals surface area contributed by atoms with Gasteiger partial charge in [-0.1, -0.05) is 0 Å². The number of amides is 1. The van der Waals surface area contributed by atoms with E-state index >= 15 is 0 Å². The zero-order valence-electron chi connectivity index (χ0n) is 22.7. The van der Waals surface area contributed by atoms with Crippen molar-refractivity contribution in [3.63, 3.8) is 0 Å².